The van der Waals surface area contributed by atoms with Gasteiger partial charge in [-0.2, -0.15) is 0 Å². The van der Waals surface area contributed by atoms with Gasteiger partial charge in [0.2, 0.25) is 0 Å². The molecule has 1 aromatic heterocycles. The van der Waals surface area contributed by atoms with E-state index in [2.05, 4.69) is 17.1 Å². The van der Waals surface area contributed by atoms with Gasteiger partial charge in [0.15, 0.2) is 0 Å². The van der Waals surface area contributed by atoms with E-state index in [9.17, 15) is 4.79 Å². The molecular formula is C19H22N2OS2. The van der Waals surface area contributed by atoms with E-state index in [1.165, 1.54) is 17.1 Å². The lowest BCUT2D eigenvalue weighted by Crippen LogP contribution is -2.32. The Morgan fingerprint density at radius 1 is 1.17 bits per heavy atom. The van der Waals surface area contributed by atoms with Crippen LogP contribution in [-0.2, 0) is 6.42 Å². The fourth-order valence-corrected chi connectivity index (χ4v) is 5.57. The minimum atomic E-state index is 0.103. The second-order valence-corrected chi connectivity index (χ2v) is 8.38. The number of hydrogen-bond donors (Lipinski definition) is 0. The molecule has 0 bridgehead atoms. The van der Waals surface area contributed by atoms with E-state index in [1.807, 2.05) is 65.7 Å². The lowest BCUT2D eigenvalue weighted by Gasteiger charge is -2.21. The topological polar surface area (TPSA) is 33.2 Å². The molecule has 0 saturated carbocycles. The third kappa shape index (κ3) is 4.33. The van der Waals surface area contributed by atoms with Gasteiger partial charge >= 0.3 is 0 Å². The Morgan fingerprint density at radius 3 is 2.54 bits per heavy atom. The molecule has 0 N–H and O–H groups in total. The number of nitrogens with zero attached hydrogens (tertiary/aromatic N) is 2. The van der Waals surface area contributed by atoms with Crippen molar-refractivity contribution in [1.29, 1.82) is 0 Å². The van der Waals surface area contributed by atoms with Gasteiger partial charge in [-0.3, -0.25) is 9.78 Å². The molecule has 2 heterocycles. The van der Waals surface area contributed by atoms with E-state index >= 15 is 0 Å². The van der Waals surface area contributed by atoms with Crippen molar-refractivity contribution in [3.05, 3.63) is 65.5 Å². The molecule has 2 aromatic rings. The molecule has 126 valence electrons. The fraction of sp³-hybridized carbons (Fsp3) is 0.368. The molecule has 1 fully saturated rings. The number of carbonyl (C=O) groups is 1. The number of amides is 1. The standard InChI is InChI=1S/C19H22N2OS2/c1-2-21(12-10-17-5-3-4-11-20-17)18(22)15-6-8-16(9-7-15)19-23-13-14-24-19/h3-9,11,19H,2,10,12-14H2,1H3. The van der Waals surface area contributed by atoms with E-state index in [0.29, 0.717) is 17.7 Å². The van der Waals surface area contributed by atoms with Crippen LogP contribution in [0.3, 0.4) is 0 Å². The molecule has 0 radical (unpaired) electrons. The summed E-state index contributed by atoms with van der Waals surface area (Å²) in [6, 6.07) is 14.1. The highest BCUT2D eigenvalue weighted by Crippen LogP contribution is 2.45. The second-order valence-electron chi connectivity index (χ2n) is 5.65. The molecule has 3 nitrogen and oxygen atoms in total. The summed E-state index contributed by atoms with van der Waals surface area (Å²) in [6.07, 6.45) is 2.58. The fourth-order valence-electron chi connectivity index (χ4n) is 2.72. The van der Waals surface area contributed by atoms with Crippen molar-refractivity contribution in [1.82, 2.24) is 9.88 Å². The van der Waals surface area contributed by atoms with Crippen LogP contribution in [0.15, 0.2) is 48.7 Å². The highest BCUT2D eigenvalue weighted by Gasteiger charge is 2.19. The zero-order valence-electron chi connectivity index (χ0n) is 13.9. The summed E-state index contributed by atoms with van der Waals surface area (Å²) in [5, 5.41) is 0. The SMILES string of the molecule is CCN(CCc1ccccn1)C(=O)c1ccc(C2SCCS2)cc1. The number of rotatable bonds is 6. The summed E-state index contributed by atoms with van der Waals surface area (Å²) in [5.74, 6) is 2.53. The maximum Gasteiger partial charge on any atom is 0.253 e. The largest absolute Gasteiger partial charge is 0.339 e. The van der Waals surface area contributed by atoms with Crippen LogP contribution in [-0.4, -0.2) is 40.4 Å². The minimum Gasteiger partial charge on any atom is -0.339 e. The Hall–Kier alpha value is -1.46. The summed E-state index contributed by atoms with van der Waals surface area (Å²) in [7, 11) is 0. The third-order valence-corrected chi connectivity index (χ3v) is 7.19. The van der Waals surface area contributed by atoms with Gasteiger partial charge in [-0.15, -0.1) is 23.5 Å². The van der Waals surface area contributed by atoms with Gasteiger partial charge < -0.3 is 4.90 Å². The molecule has 1 aliphatic rings. The summed E-state index contributed by atoms with van der Waals surface area (Å²) >= 11 is 3.97. The molecule has 0 aliphatic carbocycles. The van der Waals surface area contributed by atoms with Crippen LogP contribution < -0.4 is 0 Å². The van der Waals surface area contributed by atoms with Gasteiger partial charge in [0.25, 0.3) is 5.91 Å². The monoisotopic (exact) mass is 358 g/mol. The van der Waals surface area contributed by atoms with Crippen LogP contribution in [0, 0.1) is 0 Å². The Bertz CT molecular complexity index is 655. The predicted octanol–water partition coefficient (Wildman–Crippen LogP) is 4.27. The first-order valence-electron chi connectivity index (χ1n) is 8.30. The molecule has 1 amide bonds. The molecule has 0 spiro atoms. The van der Waals surface area contributed by atoms with Gasteiger partial charge in [0.1, 0.15) is 0 Å². The number of likely N-dealkylation sites (N-methyl/N-ethyl adjacent to an activating group) is 1. The zero-order chi connectivity index (χ0) is 16.8. The van der Waals surface area contributed by atoms with Crippen molar-refractivity contribution in [2.45, 2.75) is 17.9 Å². The molecule has 3 rings (SSSR count). The Morgan fingerprint density at radius 2 is 1.92 bits per heavy atom. The molecule has 1 aliphatic heterocycles. The van der Waals surface area contributed by atoms with Crippen molar-refractivity contribution in [3.8, 4) is 0 Å². The Kier molecular flexibility index (Phi) is 6.21. The normalized spacial score (nSPS) is 14.7. The average Bonchev–Trinajstić information content (AvgIpc) is 3.18. The van der Waals surface area contributed by atoms with Crippen molar-refractivity contribution < 1.29 is 4.79 Å². The highest BCUT2D eigenvalue weighted by atomic mass is 32.2. The number of benzene rings is 1. The summed E-state index contributed by atoms with van der Waals surface area (Å²) in [6.45, 7) is 3.43. The molecule has 0 atom stereocenters. The van der Waals surface area contributed by atoms with E-state index < -0.39 is 0 Å². The van der Waals surface area contributed by atoms with E-state index in [1.54, 1.807) is 6.20 Å². The molecular weight excluding hydrogens is 336 g/mol. The number of hydrogen-bond acceptors (Lipinski definition) is 4. The molecule has 24 heavy (non-hydrogen) atoms. The second kappa shape index (κ2) is 8.58. The predicted molar refractivity (Wildman–Crippen MR) is 104 cm³/mol. The van der Waals surface area contributed by atoms with Crippen LogP contribution in [0.4, 0.5) is 0 Å². The van der Waals surface area contributed by atoms with Crippen molar-refractivity contribution >= 4 is 29.4 Å². The highest BCUT2D eigenvalue weighted by molar-refractivity contribution is 8.19. The van der Waals surface area contributed by atoms with Gasteiger partial charge in [0, 0.05) is 48.5 Å². The summed E-state index contributed by atoms with van der Waals surface area (Å²) in [5.41, 5.74) is 3.11. The maximum atomic E-state index is 12.7. The van der Waals surface area contributed by atoms with Crippen LogP contribution in [0.1, 0.15) is 33.1 Å². The van der Waals surface area contributed by atoms with Gasteiger partial charge in [-0.25, -0.2) is 0 Å². The van der Waals surface area contributed by atoms with Crippen molar-refractivity contribution in [3.63, 3.8) is 0 Å². The molecule has 0 unspecified atom stereocenters. The van der Waals surface area contributed by atoms with E-state index in [0.717, 1.165) is 17.7 Å². The van der Waals surface area contributed by atoms with Crippen LogP contribution >= 0.6 is 23.5 Å². The van der Waals surface area contributed by atoms with Crippen LogP contribution in [0.25, 0.3) is 0 Å². The summed E-state index contributed by atoms with van der Waals surface area (Å²) in [4.78, 5) is 18.9. The number of thioether (sulfide) groups is 2. The molecule has 5 heteroatoms. The van der Waals surface area contributed by atoms with Gasteiger partial charge in [-0.1, -0.05) is 18.2 Å². The minimum absolute atomic E-state index is 0.103. The first kappa shape index (κ1) is 17.4. The molecule has 1 saturated heterocycles. The smallest absolute Gasteiger partial charge is 0.253 e. The average molecular weight is 359 g/mol. The molecule has 1 aromatic carbocycles. The lowest BCUT2D eigenvalue weighted by atomic mass is 10.1. The number of carbonyl (C=O) groups excluding carboxylic acids is 1. The van der Waals surface area contributed by atoms with E-state index in [4.69, 9.17) is 0 Å². The van der Waals surface area contributed by atoms with Crippen molar-refractivity contribution in [2.24, 2.45) is 0 Å². The van der Waals surface area contributed by atoms with Crippen LogP contribution in [0.2, 0.25) is 0 Å². The maximum absolute atomic E-state index is 12.7. The Labute approximate surface area is 152 Å². The number of pyridine rings is 1. The van der Waals surface area contributed by atoms with E-state index in [-0.39, 0.29) is 5.91 Å². The Balaban J connectivity index is 1.62. The van der Waals surface area contributed by atoms with Gasteiger partial charge in [0.05, 0.1) is 4.58 Å². The number of aromatic nitrogens is 1. The van der Waals surface area contributed by atoms with Crippen molar-refractivity contribution in [2.75, 3.05) is 24.6 Å². The van der Waals surface area contributed by atoms with Crippen LogP contribution in [0.5, 0.6) is 0 Å². The summed E-state index contributed by atoms with van der Waals surface area (Å²) < 4.78 is 0.528. The lowest BCUT2D eigenvalue weighted by molar-refractivity contribution is 0.0766. The first-order chi connectivity index (χ1) is 11.8. The van der Waals surface area contributed by atoms with Gasteiger partial charge in [-0.05, 0) is 36.8 Å². The quantitative estimate of drug-likeness (QED) is 0.772. The first-order valence-corrected chi connectivity index (χ1v) is 10.4. The third-order valence-electron chi connectivity index (χ3n) is 4.08. The zero-order valence-corrected chi connectivity index (χ0v) is 15.5.